The average Bonchev–Trinajstić information content (AvgIpc) is 3.02. The van der Waals surface area contributed by atoms with Crippen molar-refractivity contribution in [3.8, 4) is 6.07 Å². The predicted octanol–water partition coefficient (Wildman–Crippen LogP) is 2.98. The minimum absolute atomic E-state index is 0.692. The first-order valence-corrected chi connectivity index (χ1v) is 7.25. The van der Waals surface area contributed by atoms with Gasteiger partial charge in [0.1, 0.15) is 0 Å². The van der Waals surface area contributed by atoms with E-state index in [2.05, 4.69) is 28.5 Å². The molecular formula is C18H16N4. The third-order valence-electron chi connectivity index (χ3n) is 3.53. The maximum atomic E-state index is 8.79. The Morgan fingerprint density at radius 1 is 0.909 bits per heavy atom. The summed E-state index contributed by atoms with van der Waals surface area (Å²) in [5.74, 6) is 0. The lowest BCUT2D eigenvalue weighted by Crippen LogP contribution is -1.99. The van der Waals surface area contributed by atoms with Crippen LogP contribution in [0.2, 0.25) is 0 Å². The summed E-state index contributed by atoms with van der Waals surface area (Å²) in [4.78, 5) is 0. The van der Waals surface area contributed by atoms with Crippen LogP contribution in [0, 0.1) is 11.3 Å². The summed E-state index contributed by atoms with van der Waals surface area (Å²) in [6, 6.07) is 20.0. The van der Waals surface area contributed by atoms with Crippen LogP contribution in [0.1, 0.15) is 22.4 Å². The molecule has 0 fully saturated rings. The molecule has 0 aliphatic heterocycles. The van der Waals surface area contributed by atoms with E-state index in [-0.39, 0.29) is 0 Å². The Morgan fingerprint density at radius 2 is 1.68 bits per heavy atom. The zero-order valence-electron chi connectivity index (χ0n) is 12.2. The molecule has 0 N–H and O–H groups in total. The SMILES string of the molecule is N#Cc1ccc(CCc2cn(Cc3ccccc3)nn2)cc1. The van der Waals surface area contributed by atoms with E-state index in [0.29, 0.717) is 5.56 Å². The Kier molecular flexibility index (Phi) is 4.26. The molecular weight excluding hydrogens is 272 g/mol. The van der Waals surface area contributed by atoms with Crippen LogP contribution in [-0.4, -0.2) is 15.0 Å². The number of nitriles is 1. The van der Waals surface area contributed by atoms with E-state index in [1.54, 1.807) is 0 Å². The van der Waals surface area contributed by atoms with Gasteiger partial charge in [0, 0.05) is 6.20 Å². The number of benzene rings is 2. The van der Waals surface area contributed by atoms with Crippen LogP contribution in [0.3, 0.4) is 0 Å². The number of hydrogen-bond acceptors (Lipinski definition) is 3. The van der Waals surface area contributed by atoms with Gasteiger partial charge in [0.15, 0.2) is 0 Å². The lowest BCUT2D eigenvalue weighted by Gasteiger charge is -2.00. The summed E-state index contributed by atoms with van der Waals surface area (Å²) in [7, 11) is 0. The Morgan fingerprint density at radius 3 is 2.41 bits per heavy atom. The number of rotatable bonds is 5. The minimum atomic E-state index is 0.692. The van der Waals surface area contributed by atoms with E-state index in [9.17, 15) is 0 Å². The van der Waals surface area contributed by atoms with Crippen molar-refractivity contribution in [2.24, 2.45) is 0 Å². The predicted molar refractivity (Wildman–Crippen MR) is 84.1 cm³/mol. The van der Waals surface area contributed by atoms with Gasteiger partial charge in [0.2, 0.25) is 0 Å². The van der Waals surface area contributed by atoms with Gasteiger partial charge in [-0.05, 0) is 36.1 Å². The molecule has 1 heterocycles. The van der Waals surface area contributed by atoms with Crippen LogP contribution >= 0.6 is 0 Å². The third kappa shape index (κ3) is 3.58. The topological polar surface area (TPSA) is 54.5 Å². The monoisotopic (exact) mass is 288 g/mol. The second-order valence-corrected chi connectivity index (χ2v) is 5.20. The Labute approximate surface area is 129 Å². The number of nitrogens with zero attached hydrogens (tertiary/aromatic N) is 4. The molecule has 0 aliphatic carbocycles. The molecule has 0 saturated carbocycles. The maximum Gasteiger partial charge on any atom is 0.0991 e. The summed E-state index contributed by atoms with van der Waals surface area (Å²) >= 11 is 0. The molecule has 0 saturated heterocycles. The molecule has 2 aromatic carbocycles. The molecule has 0 aliphatic rings. The molecule has 4 heteroatoms. The quantitative estimate of drug-likeness (QED) is 0.725. The zero-order valence-corrected chi connectivity index (χ0v) is 12.2. The highest BCUT2D eigenvalue weighted by atomic mass is 15.4. The summed E-state index contributed by atoms with van der Waals surface area (Å²) in [5.41, 5.74) is 4.10. The van der Waals surface area contributed by atoms with Crippen molar-refractivity contribution >= 4 is 0 Å². The van der Waals surface area contributed by atoms with Crippen LogP contribution in [0.15, 0.2) is 60.8 Å². The highest BCUT2D eigenvalue weighted by Gasteiger charge is 2.03. The molecule has 3 rings (SSSR count). The van der Waals surface area contributed by atoms with Gasteiger partial charge in [0.25, 0.3) is 0 Å². The van der Waals surface area contributed by atoms with Crippen LogP contribution < -0.4 is 0 Å². The summed E-state index contributed by atoms with van der Waals surface area (Å²) < 4.78 is 1.86. The van der Waals surface area contributed by atoms with E-state index in [4.69, 9.17) is 5.26 Å². The van der Waals surface area contributed by atoms with Gasteiger partial charge in [-0.1, -0.05) is 47.7 Å². The van der Waals surface area contributed by atoms with Gasteiger partial charge in [0.05, 0.1) is 23.9 Å². The number of aromatic nitrogens is 3. The molecule has 0 unspecified atom stereocenters. The van der Waals surface area contributed by atoms with E-state index >= 15 is 0 Å². The zero-order chi connectivity index (χ0) is 15.2. The molecule has 0 radical (unpaired) electrons. The van der Waals surface area contributed by atoms with E-state index in [1.165, 1.54) is 11.1 Å². The lowest BCUT2D eigenvalue weighted by atomic mass is 10.1. The van der Waals surface area contributed by atoms with E-state index < -0.39 is 0 Å². The van der Waals surface area contributed by atoms with Gasteiger partial charge in [-0.25, -0.2) is 4.68 Å². The van der Waals surface area contributed by atoms with Crippen LogP contribution in [-0.2, 0) is 19.4 Å². The molecule has 3 aromatic rings. The van der Waals surface area contributed by atoms with Crippen LogP contribution in [0.5, 0.6) is 0 Å². The van der Waals surface area contributed by atoms with Crippen molar-refractivity contribution < 1.29 is 0 Å². The van der Waals surface area contributed by atoms with Crippen molar-refractivity contribution in [1.29, 1.82) is 5.26 Å². The second kappa shape index (κ2) is 6.68. The van der Waals surface area contributed by atoms with Gasteiger partial charge < -0.3 is 0 Å². The Hall–Kier alpha value is -2.93. The van der Waals surface area contributed by atoms with Crippen molar-refractivity contribution in [2.45, 2.75) is 19.4 Å². The molecule has 108 valence electrons. The first-order chi connectivity index (χ1) is 10.8. The van der Waals surface area contributed by atoms with Crippen LogP contribution in [0.4, 0.5) is 0 Å². The molecule has 0 amide bonds. The van der Waals surface area contributed by atoms with Gasteiger partial charge >= 0.3 is 0 Å². The first kappa shape index (κ1) is 14.0. The second-order valence-electron chi connectivity index (χ2n) is 5.20. The standard InChI is InChI=1S/C18H16N4/c19-12-16-8-6-15(7-9-16)10-11-18-14-22(21-20-18)13-17-4-2-1-3-5-17/h1-9,14H,10-11,13H2. The van der Waals surface area contributed by atoms with Crippen molar-refractivity contribution in [3.05, 3.63) is 83.2 Å². The van der Waals surface area contributed by atoms with E-state index in [0.717, 1.165) is 25.1 Å². The van der Waals surface area contributed by atoms with Gasteiger partial charge in [-0.3, -0.25) is 0 Å². The fourth-order valence-electron chi connectivity index (χ4n) is 2.32. The smallest absolute Gasteiger partial charge is 0.0991 e. The third-order valence-corrected chi connectivity index (χ3v) is 3.53. The highest BCUT2D eigenvalue weighted by Crippen LogP contribution is 2.08. The molecule has 0 spiro atoms. The minimum Gasteiger partial charge on any atom is -0.248 e. The molecule has 22 heavy (non-hydrogen) atoms. The van der Waals surface area contributed by atoms with Gasteiger partial charge in [-0.15, -0.1) is 5.10 Å². The van der Waals surface area contributed by atoms with E-state index in [1.807, 2.05) is 53.3 Å². The summed E-state index contributed by atoms with van der Waals surface area (Å²) in [5, 5.41) is 17.2. The van der Waals surface area contributed by atoms with Crippen molar-refractivity contribution in [2.75, 3.05) is 0 Å². The molecule has 4 nitrogen and oxygen atoms in total. The highest BCUT2D eigenvalue weighted by molar-refractivity contribution is 5.31. The fraction of sp³-hybridized carbons (Fsp3) is 0.167. The summed E-state index contributed by atoms with van der Waals surface area (Å²) in [6.45, 7) is 0.741. The average molecular weight is 288 g/mol. The van der Waals surface area contributed by atoms with Crippen molar-refractivity contribution in [1.82, 2.24) is 15.0 Å². The Balaban J connectivity index is 1.58. The molecule has 0 atom stereocenters. The maximum absolute atomic E-state index is 8.79. The Bertz CT molecular complexity index is 767. The largest absolute Gasteiger partial charge is 0.248 e. The van der Waals surface area contributed by atoms with Crippen molar-refractivity contribution in [3.63, 3.8) is 0 Å². The number of aryl methyl sites for hydroxylation is 2. The normalized spacial score (nSPS) is 10.3. The van der Waals surface area contributed by atoms with Crippen LogP contribution in [0.25, 0.3) is 0 Å². The fourth-order valence-corrected chi connectivity index (χ4v) is 2.32. The van der Waals surface area contributed by atoms with Gasteiger partial charge in [-0.2, -0.15) is 5.26 Å². The molecule has 1 aromatic heterocycles. The lowest BCUT2D eigenvalue weighted by molar-refractivity contribution is 0.649. The first-order valence-electron chi connectivity index (χ1n) is 7.25. The molecule has 0 bridgehead atoms. The number of hydrogen-bond donors (Lipinski definition) is 0. The summed E-state index contributed by atoms with van der Waals surface area (Å²) in [6.07, 6.45) is 3.74.